The molecule has 0 aliphatic carbocycles. The van der Waals surface area contributed by atoms with Gasteiger partial charge in [0.25, 0.3) is 0 Å². The van der Waals surface area contributed by atoms with Crippen molar-refractivity contribution >= 4 is 27.7 Å². The van der Waals surface area contributed by atoms with Gasteiger partial charge in [0, 0.05) is 5.56 Å². The molecule has 0 unspecified atom stereocenters. The molecule has 0 radical (unpaired) electrons. The highest BCUT2D eigenvalue weighted by Gasteiger charge is 2.17. The van der Waals surface area contributed by atoms with E-state index in [4.69, 9.17) is 9.47 Å². The second-order valence-electron chi connectivity index (χ2n) is 4.60. The average molecular weight is 363 g/mol. The third kappa shape index (κ3) is 3.74. The maximum Gasteiger partial charge on any atom is 0.343 e. The van der Waals surface area contributed by atoms with E-state index in [1.807, 2.05) is 6.07 Å². The van der Waals surface area contributed by atoms with Gasteiger partial charge in [-0.2, -0.15) is 0 Å². The number of ketones is 1. The number of benzene rings is 2. The summed E-state index contributed by atoms with van der Waals surface area (Å²) in [5, 5.41) is 0. The van der Waals surface area contributed by atoms with E-state index in [-0.39, 0.29) is 16.4 Å². The first-order chi connectivity index (χ1) is 10.5. The monoisotopic (exact) mass is 362 g/mol. The first-order valence-corrected chi connectivity index (χ1v) is 7.58. The van der Waals surface area contributed by atoms with E-state index in [1.54, 1.807) is 49.4 Å². The molecule has 0 heterocycles. The number of halogens is 1. The molecule has 0 aliphatic heterocycles. The van der Waals surface area contributed by atoms with Crippen LogP contribution in [0, 0.1) is 0 Å². The van der Waals surface area contributed by atoms with Crippen LogP contribution in [0.15, 0.2) is 48.5 Å². The number of methoxy groups -OCH3 is 1. The van der Waals surface area contributed by atoms with Gasteiger partial charge in [-0.1, -0.05) is 34.1 Å². The summed E-state index contributed by atoms with van der Waals surface area (Å²) in [5.41, 5.74) is 0.930. The predicted octanol–water partition coefficient (Wildman–Crippen LogP) is 3.88. The Kier molecular flexibility index (Phi) is 5.33. The van der Waals surface area contributed by atoms with Crippen LogP contribution in [-0.4, -0.2) is 23.7 Å². The molecule has 0 aliphatic rings. The van der Waals surface area contributed by atoms with Crippen molar-refractivity contribution in [2.75, 3.05) is 7.11 Å². The Hall–Kier alpha value is -2.14. The van der Waals surface area contributed by atoms with Gasteiger partial charge in [0.15, 0.2) is 17.3 Å². The Morgan fingerprint density at radius 2 is 1.68 bits per heavy atom. The van der Waals surface area contributed by atoms with E-state index in [2.05, 4.69) is 15.9 Å². The minimum Gasteiger partial charge on any atom is -0.493 e. The molecule has 0 saturated carbocycles. The topological polar surface area (TPSA) is 52.6 Å². The summed E-state index contributed by atoms with van der Waals surface area (Å²) >= 11 is 3.24. The molecule has 2 rings (SSSR count). The summed E-state index contributed by atoms with van der Waals surface area (Å²) in [7, 11) is 1.46. The quantitative estimate of drug-likeness (QED) is 0.350. The molecular formula is C17H15BrO4. The minimum absolute atomic E-state index is 0.0702. The molecule has 0 saturated heterocycles. The van der Waals surface area contributed by atoms with Gasteiger partial charge in [0.05, 0.1) is 17.5 Å². The first-order valence-electron chi connectivity index (χ1n) is 6.66. The summed E-state index contributed by atoms with van der Waals surface area (Å²) in [6.45, 7) is 1.75. The van der Waals surface area contributed by atoms with Crippen molar-refractivity contribution in [3.8, 4) is 11.5 Å². The SMILES string of the molecule is COc1cc(C(=O)[C@@H](C)Br)ccc1OC(=O)c1ccccc1. The number of hydrogen-bond acceptors (Lipinski definition) is 4. The van der Waals surface area contributed by atoms with Crippen molar-refractivity contribution in [3.05, 3.63) is 59.7 Å². The predicted molar refractivity (Wildman–Crippen MR) is 87.1 cm³/mol. The van der Waals surface area contributed by atoms with E-state index < -0.39 is 5.97 Å². The lowest BCUT2D eigenvalue weighted by atomic mass is 10.1. The Labute approximate surface area is 137 Å². The van der Waals surface area contributed by atoms with Crippen molar-refractivity contribution in [2.24, 2.45) is 0 Å². The van der Waals surface area contributed by atoms with Crippen LogP contribution < -0.4 is 9.47 Å². The normalized spacial score (nSPS) is 11.6. The fraction of sp³-hybridized carbons (Fsp3) is 0.176. The highest BCUT2D eigenvalue weighted by atomic mass is 79.9. The molecule has 4 nitrogen and oxygen atoms in total. The third-order valence-corrected chi connectivity index (χ3v) is 3.44. The smallest absolute Gasteiger partial charge is 0.343 e. The van der Waals surface area contributed by atoms with Crippen LogP contribution in [0.1, 0.15) is 27.6 Å². The first kappa shape index (κ1) is 16.2. The van der Waals surface area contributed by atoms with Crippen LogP contribution in [0.3, 0.4) is 0 Å². The Bertz CT molecular complexity index is 680. The number of Topliss-reactive ketones (excluding diaryl/α,β-unsaturated/α-hetero) is 1. The van der Waals surface area contributed by atoms with E-state index in [0.717, 1.165) is 0 Å². The van der Waals surface area contributed by atoms with E-state index in [1.165, 1.54) is 7.11 Å². The molecule has 0 amide bonds. The maximum atomic E-state index is 12.1. The number of rotatable bonds is 5. The van der Waals surface area contributed by atoms with E-state index >= 15 is 0 Å². The number of esters is 1. The summed E-state index contributed by atoms with van der Waals surface area (Å²) < 4.78 is 10.5. The van der Waals surface area contributed by atoms with Crippen molar-refractivity contribution in [3.63, 3.8) is 0 Å². The third-order valence-electron chi connectivity index (χ3n) is 3.02. The lowest BCUT2D eigenvalue weighted by Gasteiger charge is -2.11. The van der Waals surface area contributed by atoms with Gasteiger partial charge in [-0.05, 0) is 37.3 Å². The molecule has 0 fully saturated rings. The van der Waals surface area contributed by atoms with Gasteiger partial charge < -0.3 is 9.47 Å². The van der Waals surface area contributed by atoms with Gasteiger partial charge in [-0.3, -0.25) is 4.79 Å². The lowest BCUT2D eigenvalue weighted by Crippen LogP contribution is -2.12. The fourth-order valence-electron chi connectivity index (χ4n) is 1.87. The van der Waals surface area contributed by atoms with Gasteiger partial charge in [0.2, 0.25) is 0 Å². The van der Waals surface area contributed by atoms with Gasteiger partial charge >= 0.3 is 5.97 Å². The zero-order chi connectivity index (χ0) is 16.1. The number of ether oxygens (including phenoxy) is 2. The standard InChI is InChI=1S/C17H15BrO4/c1-11(18)16(19)13-8-9-14(15(10-13)21-2)22-17(20)12-6-4-3-5-7-12/h3-11H,1-2H3/t11-/m1/s1. The number of carbonyl (C=O) groups is 2. The Morgan fingerprint density at radius 1 is 1.00 bits per heavy atom. The number of alkyl halides is 1. The van der Waals surface area contributed by atoms with Crippen molar-refractivity contribution < 1.29 is 19.1 Å². The Balaban J connectivity index is 2.25. The average Bonchev–Trinajstić information content (AvgIpc) is 2.55. The molecule has 1 atom stereocenters. The molecule has 114 valence electrons. The van der Waals surface area contributed by atoms with Gasteiger partial charge in [-0.25, -0.2) is 4.79 Å². The fourth-order valence-corrected chi connectivity index (χ4v) is 2.13. The highest BCUT2D eigenvalue weighted by molar-refractivity contribution is 9.10. The van der Waals surface area contributed by atoms with Crippen LogP contribution in [-0.2, 0) is 0 Å². The van der Waals surface area contributed by atoms with Crippen molar-refractivity contribution in [2.45, 2.75) is 11.8 Å². The summed E-state index contributed by atoms with van der Waals surface area (Å²) in [6.07, 6.45) is 0. The van der Waals surface area contributed by atoms with Crippen molar-refractivity contribution in [1.82, 2.24) is 0 Å². The molecule has 0 aromatic heterocycles. The van der Waals surface area contributed by atoms with Crippen LogP contribution in [0.5, 0.6) is 11.5 Å². The van der Waals surface area contributed by atoms with Gasteiger partial charge in [0.1, 0.15) is 0 Å². The summed E-state index contributed by atoms with van der Waals surface area (Å²) in [4.78, 5) is 23.7. The maximum absolute atomic E-state index is 12.1. The zero-order valence-corrected chi connectivity index (χ0v) is 13.8. The molecule has 2 aromatic rings. The van der Waals surface area contributed by atoms with Gasteiger partial charge in [-0.15, -0.1) is 0 Å². The van der Waals surface area contributed by atoms with Crippen LogP contribution in [0.4, 0.5) is 0 Å². The second-order valence-corrected chi connectivity index (χ2v) is 5.97. The molecule has 2 aromatic carbocycles. The largest absolute Gasteiger partial charge is 0.493 e. The molecule has 0 N–H and O–H groups in total. The van der Waals surface area contributed by atoms with E-state index in [0.29, 0.717) is 16.9 Å². The summed E-state index contributed by atoms with van der Waals surface area (Å²) in [6, 6.07) is 13.4. The molecule has 0 bridgehead atoms. The molecular weight excluding hydrogens is 348 g/mol. The van der Waals surface area contributed by atoms with Crippen LogP contribution in [0.25, 0.3) is 0 Å². The zero-order valence-electron chi connectivity index (χ0n) is 12.2. The van der Waals surface area contributed by atoms with E-state index in [9.17, 15) is 9.59 Å². The summed E-state index contributed by atoms with van der Waals surface area (Å²) in [5.74, 6) is 0.0597. The highest BCUT2D eigenvalue weighted by Crippen LogP contribution is 2.29. The lowest BCUT2D eigenvalue weighted by molar-refractivity contribution is 0.0729. The van der Waals surface area contributed by atoms with Crippen LogP contribution >= 0.6 is 15.9 Å². The number of hydrogen-bond donors (Lipinski definition) is 0. The molecule has 22 heavy (non-hydrogen) atoms. The molecule has 5 heteroatoms. The van der Waals surface area contributed by atoms with Crippen LogP contribution in [0.2, 0.25) is 0 Å². The van der Waals surface area contributed by atoms with Crippen molar-refractivity contribution in [1.29, 1.82) is 0 Å². The number of carbonyl (C=O) groups excluding carboxylic acids is 2. The second kappa shape index (κ2) is 7.22. The Morgan fingerprint density at radius 3 is 2.27 bits per heavy atom. The molecule has 0 spiro atoms. The minimum atomic E-state index is -0.480.